The van der Waals surface area contributed by atoms with Crippen LogP contribution in [-0.4, -0.2) is 11.9 Å². The van der Waals surface area contributed by atoms with Crippen molar-refractivity contribution in [3.63, 3.8) is 0 Å². The summed E-state index contributed by atoms with van der Waals surface area (Å²) < 4.78 is 4.00. The van der Waals surface area contributed by atoms with Crippen molar-refractivity contribution >= 4 is 11.9 Å². The van der Waals surface area contributed by atoms with Crippen molar-refractivity contribution in [3.05, 3.63) is 12.7 Å². The first kappa shape index (κ1) is 6.88. The molecule has 0 aliphatic rings. The molecule has 0 rings (SSSR count). The number of esters is 2. The van der Waals surface area contributed by atoms with Crippen molar-refractivity contribution in [1.82, 2.24) is 0 Å². The number of carbonyl (C=O) groups is 2. The van der Waals surface area contributed by atoms with Crippen LogP contribution in [-0.2, 0) is 14.3 Å². The second kappa shape index (κ2) is 2.96. The fraction of sp³-hybridized carbons (Fsp3) is 0.200. The highest BCUT2D eigenvalue weighted by atomic mass is 16.6. The van der Waals surface area contributed by atoms with Gasteiger partial charge in [-0.15, -0.1) is 0 Å². The van der Waals surface area contributed by atoms with E-state index in [1.807, 2.05) is 0 Å². The quantitative estimate of drug-likeness (QED) is 0.279. The maximum atomic E-state index is 10.1. The predicted octanol–water partition coefficient (Wildman–Crippen LogP) is 0.262. The van der Waals surface area contributed by atoms with Crippen molar-refractivity contribution in [2.75, 3.05) is 0 Å². The number of ether oxygens (including phenoxy) is 1. The van der Waals surface area contributed by atoms with Gasteiger partial charge in [0, 0.05) is 13.0 Å². The van der Waals surface area contributed by atoms with Gasteiger partial charge < -0.3 is 4.74 Å². The summed E-state index contributed by atoms with van der Waals surface area (Å²) in [4.78, 5) is 20.0. The van der Waals surface area contributed by atoms with Crippen molar-refractivity contribution in [1.29, 1.82) is 0 Å². The van der Waals surface area contributed by atoms with Crippen molar-refractivity contribution in [3.8, 4) is 0 Å². The van der Waals surface area contributed by atoms with Crippen LogP contribution in [0.1, 0.15) is 6.92 Å². The molecule has 0 saturated heterocycles. The first-order valence-electron chi connectivity index (χ1n) is 2.01. The van der Waals surface area contributed by atoms with Crippen molar-refractivity contribution in [2.24, 2.45) is 0 Å². The van der Waals surface area contributed by atoms with Crippen LogP contribution in [0.25, 0.3) is 0 Å². The van der Waals surface area contributed by atoms with E-state index < -0.39 is 11.9 Å². The average Bonchev–Trinajstić information content (AvgIpc) is 1.65. The van der Waals surface area contributed by atoms with Crippen molar-refractivity contribution < 1.29 is 14.3 Å². The molecule has 0 aromatic rings. The second-order valence-corrected chi connectivity index (χ2v) is 1.12. The molecule has 0 unspecified atom stereocenters. The SMILES string of the molecule is C=CC(=O)OC(C)=O. The zero-order chi connectivity index (χ0) is 6.57. The minimum atomic E-state index is -0.711. The molecule has 0 heterocycles. The Morgan fingerprint density at radius 3 is 2.25 bits per heavy atom. The zero-order valence-electron chi connectivity index (χ0n) is 4.51. The van der Waals surface area contributed by atoms with E-state index in [0.717, 1.165) is 13.0 Å². The van der Waals surface area contributed by atoms with Gasteiger partial charge in [0.15, 0.2) is 0 Å². The Morgan fingerprint density at radius 1 is 1.62 bits per heavy atom. The normalized spacial score (nSPS) is 7.62. The molecule has 0 aromatic carbocycles. The molecule has 0 aromatic heterocycles. The first-order valence-corrected chi connectivity index (χ1v) is 2.01. The van der Waals surface area contributed by atoms with Crippen LogP contribution in [0.5, 0.6) is 0 Å². The third-order valence-electron chi connectivity index (χ3n) is 0.411. The lowest BCUT2D eigenvalue weighted by atomic mass is 10.6. The number of hydrogen-bond acceptors (Lipinski definition) is 3. The Bertz CT molecular complexity index is 126. The topological polar surface area (TPSA) is 43.4 Å². The van der Waals surface area contributed by atoms with Gasteiger partial charge in [0.25, 0.3) is 0 Å². The Labute approximate surface area is 46.9 Å². The van der Waals surface area contributed by atoms with E-state index in [4.69, 9.17) is 0 Å². The standard InChI is InChI=1S/C5H6O3/c1-3-5(7)8-4(2)6/h3H,1H2,2H3. The molecule has 0 spiro atoms. The summed E-state index contributed by atoms with van der Waals surface area (Å²) in [5, 5.41) is 0. The fourth-order valence-electron chi connectivity index (χ4n) is 0.183. The molecule has 0 N–H and O–H groups in total. The largest absolute Gasteiger partial charge is 0.390 e. The predicted molar refractivity (Wildman–Crippen MR) is 27.0 cm³/mol. The van der Waals surface area contributed by atoms with E-state index >= 15 is 0 Å². The van der Waals surface area contributed by atoms with E-state index in [0.29, 0.717) is 0 Å². The van der Waals surface area contributed by atoms with Crippen molar-refractivity contribution in [2.45, 2.75) is 6.92 Å². The average molecular weight is 114 g/mol. The second-order valence-electron chi connectivity index (χ2n) is 1.12. The molecule has 0 atom stereocenters. The third kappa shape index (κ3) is 3.08. The van der Waals surface area contributed by atoms with Crippen LogP contribution in [0.4, 0.5) is 0 Å². The molecule has 3 heteroatoms. The molecule has 0 radical (unpaired) electrons. The molecule has 0 amide bonds. The first-order chi connectivity index (χ1) is 3.66. The fourth-order valence-corrected chi connectivity index (χ4v) is 0.183. The molecule has 0 fully saturated rings. The molecule has 0 bridgehead atoms. The van der Waals surface area contributed by atoms with Gasteiger partial charge >= 0.3 is 11.9 Å². The van der Waals surface area contributed by atoms with Gasteiger partial charge in [-0.3, -0.25) is 4.79 Å². The highest BCUT2D eigenvalue weighted by molar-refractivity contribution is 5.90. The van der Waals surface area contributed by atoms with E-state index in [-0.39, 0.29) is 0 Å². The van der Waals surface area contributed by atoms with Gasteiger partial charge in [0.1, 0.15) is 0 Å². The number of carbonyl (C=O) groups excluding carboxylic acids is 2. The summed E-state index contributed by atoms with van der Waals surface area (Å²) in [7, 11) is 0. The van der Waals surface area contributed by atoms with Crippen LogP contribution in [0, 0.1) is 0 Å². The minimum absolute atomic E-state index is 0.616. The molecular weight excluding hydrogens is 108 g/mol. The highest BCUT2D eigenvalue weighted by Crippen LogP contribution is 1.77. The van der Waals surface area contributed by atoms with Crippen LogP contribution in [0.3, 0.4) is 0 Å². The van der Waals surface area contributed by atoms with E-state index in [1.165, 1.54) is 0 Å². The smallest absolute Gasteiger partial charge is 0.337 e. The highest BCUT2D eigenvalue weighted by Gasteiger charge is 1.96. The summed E-state index contributed by atoms with van der Waals surface area (Å²) in [5.41, 5.74) is 0. The Kier molecular flexibility index (Phi) is 2.54. The van der Waals surface area contributed by atoms with Crippen LogP contribution in [0.2, 0.25) is 0 Å². The number of hydrogen-bond donors (Lipinski definition) is 0. The zero-order valence-corrected chi connectivity index (χ0v) is 4.51. The Balaban J connectivity index is 3.55. The monoisotopic (exact) mass is 114 g/mol. The van der Waals surface area contributed by atoms with Gasteiger partial charge in [0.2, 0.25) is 0 Å². The maximum Gasteiger partial charge on any atom is 0.337 e. The van der Waals surface area contributed by atoms with Gasteiger partial charge in [-0.2, -0.15) is 0 Å². The summed E-state index contributed by atoms with van der Waals surface area (Å²) in [5.74, 6) is -1.33. The molecule has 0 aliphatic heterocycles. The van der Waals surface area contributed by atoms with Crippen LogP contribution in [0.15, 0.2) is 12.7 Å². The summed E-state index contributed by atoms with van der Waals surface area (Å²) >= 11 is 0. The van der Waals surface area contributed by atoms with E-state index in [2.05, 4.69) is 11.3 Å². The van der Waals surface area contributed by atoms with E-state index in [9.17, 15) is 9.59 Å². The lowest BCUT2D eigenvalue weighted by Gasteiger charge is -1.89. The van der Waals surface area contributed by atoms with Gasteiger partial charge in [-0.1, -0.05) is 6.58 Å². The maximum absolute atomic E-state index is 10.1. The van der Waals surface area contributed by atoms with Crippen LogP contribution >= 0.6 is 0 Å². The number of rotatable bonds is 1. The third-order valence-corrected chi connectivity index (χ3v) is 0.411. The summed E-state index contributed by atoms with van der Waals surface area (Å²) in [6.07, 6.45) is 0.932. The Morgan fingerprint density at radius 2 is 2.12 bits per heavy atom. The van der Waals surface area contributed by atoms with E-state index in [1.54, 1.807) is 0 Å². The van der Waals surface area contributed by atoms with Gasteiger partial charge in [-0.25, -0.2) is 4.79 Å². The minimum Gasteiger partial charge on any atom is -0.390 e. The lowest BCUT2D eigenvalue weighted by molar-refractivity contribution is -0.154. The van der Waals surface area contributed by atoms with Gasteiger partial charge in [0.05, 0.1) is 0 Å². The molecule has 3 nitrogen and oxygen atoms in total. The lowest BCUT2D eigenvalue weighted by Crippen LogP contribution is -2.04. The molecule has 0 aliphatic carbocycles. The molecule has 0 saturated carbocycles. The molecule has 8 heavy (non-hydrogen) atoms. The van der Waals surface area contributed by atoms with Crippen LogP contribution < -0.4 is 0 Å². The Hall–Kier alpha value is -1.12. The molecular formula is C5H6O3. The van der Waals surface area contributed by atoms with Gasteiger partial charge in [-0.05, 0) is 0 Å². The summed E-state index contributed by atoms with van der Waals surface area (Å²) in [6, 6.07) is 0. The molecule has 44 valence electrons. The summed E-state index contributed by atoms with van der Waals surface area (Å²) in [6.45, 7) is 4.24.